The van der Waals surface area contributed by atoms with E-state index in [1.54, 1.807) is 0 Å². The van der Waals surface area contributed by atoms with E-state index in [-0.39, 0.29) is 0 Å². The van der Waals surface area contributed by atoms with Crippen molar-refractivity contribution >= 4 is 76.9 Å². The van der Waals surface area contributed by atoms with Gasteiger partial charge in [0.1, 0.15) is 0 Å². The molecule has 0 radical (unpaired) electrons. The molecule has 0 saturated carbocycles. The van der Waals surface area contributed by atoms with E-state index < -0.39 is 0 Å². The highest BCUT2D eigenvalue weighted by Gasteiger charge is 2.11. The zero-order chi connectivity index (χ0) is 12.2. The van der Waals surface area contributed by atoms with Crippen molar-refractivity contribution in [2.45, 2.75) is 0 Å². The molecule has 0 atom stereocenters. The van der Waals surface area contributed by atoms with Crippen molar-refractivity contribution in [1.29, 1.82) is 0 Å². The van der Waals surface area contributed by atoms with Crippen LogP contribution in [0.5, 0.6) is 0 Å². The third kappa shape index (κ3) is 1.89. The van der Waals surface area contributed by atoms with E-state index in [1.165, 1.54) is 0 Å². The van der Waals surface area contributed by atoms with Gasteiger partial charge in [-0.1, -0.05) is 55.1 Å². The molecule has 0 bridgehead atoms. The lowest BCUT2D eigenvalue weighted by atomic mass is 10.1. The van der Waals surface area contributed by atoms with Crippen molar-refractivity contribution in [2.75, 3.05) is 0 Å². The van der Waals surface area contributed by atoms with Crippen LogP contribution in [0.2, 0.25) is 10.0 Å². The topological polar surface area (TPSA) is 15.8 Å². The summed E-state index contributed by atoms with van der Waals surface area (Å²) in [4.78, 5) is 3.26. The number of aromatic nitrogens is 1. The molecule has 3 rings (SSSR count). The summed E-state index contributed by atoms with van der Waals surface area (Å²) in [6.45, 7) is 0. The first-order valence-corrected chi connectivity index (χ1v) is 7.16. The largest absolute Gasteiger partial charge is 0.352 e. The normalized spacial score (nSPS) is 11.5. The molecule has 86 valence electrons. The summed E-state index contributed by atoms with van der Waals surface area (Å²) in [6, 6.07) is 7.79. The first kappa shape index (κ1) is 11.8. The van der Waals surface area contributed by atoms with Crippen molar-refractivity contribution in [1.82, 2.24) is 4.98 Å². The monoisotopic (exact) mass is 391 g/mol. The molecule has 2 aromatic carbocycles. The van der Waals surface area contributed by atoms with Crippen LogP contribution in [-0.4, -0.2) is 4.98 Å². The predicted molar refractivity (Wildman–Crippen MR) is 81.2 cm³/mol. The number of rotatable bonds is 0. The Morgan fingerprint density at radius 2 is 1.18 bits per heavy atom. The predicted octanol–water partition coefficient (Wildman–Crippen LogP) is 6.15. The van der Waals surface area contributed by atoms with Crippen LogP contribution in [0.4, 0.5) is 0 Å². The van der Waals surface area contributed by atoms with Crippen LogP contribution < -0.4 is 0 Å². The quantitative estimate of drug-likeness (QED) is 0.471. The van der Waals surface area contributed by atoms with Gasteiger partial charge in [-0.05, 0) is 24.3 Å². The summed E-state index contributed by atoms with van der Waals surface area (Å²) in [5, 5.41) is 3.47. The van der Waals surface area contributed by atoms with Crippen molar-refractivity contribution in [3.05, 3.63) is 43.3 Å². The van der Waals surface area contributed by atoms with Crippen molar-refractivity contribution < 1.29 is 0 Å². The molecule has 1 aromatic heterocycles. The Morgan fingerprint density at radius 3 is 1.59 bits per heavy atom. The van der Waals surface area contributed by atoms with Crippen molar-refractivity contribution in [2.24, 2.45) is 0 Å². The summed E-state index contributed by atoms with van der Waals surface area (Å²) in [7, 11) is 0. The Bertz CT molecular complexity index is 687. The van der Waals surface area contributed by atoms with Gasteiger partial charge in [-0.3, -0.25) is 0 Å². The molecule has 0 fully saturated rings. The standard InChI is InChI=1S/C12H5Br2Cl2N/c13-5-1-7-8-2-6(14)4-10(16)12(8)17-11(7)9(15)3-5/h1-4,17H. The van der Waals surface area contributed by atoms with Gasteiger partial charge >= 0.3 is 0 Å². The molecule has 0 amide bonds. The van der Waals surface area contributed by atoms with Gasteiger partial charge in [0.2, 0.25) is 0 Å². The Kier molecular flexibility index (Phi) is 2.90. The Morgan fingerprint density at radius 1 is 0.765 bits per heavy atom. The number of H-pyrrole nitrogens is 1. The fourth-order valence-electron chi connectivity index (χ4n) is 1.95. The highest BCUT2D eigenvalue weighted by Crippen LogP contribution is 2.37. The van der Waals surface area contributed by atoms with Crippen LogP contribution in [0.1, 0.15) is 0 Å². The van der Waals surface area contributed by atoms with Crippen molar-refractivity contribution in [3.8, 4) is 0 Å². The SMILES string of the molecule is Clc1cc(Br)cc2c1[nH]c1c(Cl)cc(Br)cc12. The zero-order valence-corrected chi connectivity index (χ0v) is 13.0. The average Bonchev–Trinajstić information content (AvgIpc) is 2.58. The van der Waals surface area contributed by atoms with Gasteiger partial charge in [-0.2, -0.15) is 0 Å². The summed E-state index contributed by atoms with van der Waals surface area (Å²) >= 11 is 19.3. The summed E-state index contributed by atoms with van der Waals surface area (Å²) in [6.07, 6.45) is 0. The number of halogens is 4. The van der Waals surface area contributed by atoms with E-state index in [0.717, 1.165) is 30.8 Å². The smallest absolute Gasteiger partial charge is 0.0658 e. The lowest BCUT2D eigenvalue weighted by Crippen LogP contribution is -1.71. The molecule has 1 nitrogen and oxygen atoms in total. The first-order chi connectivity index (χ1) is 8.06. The zero-order valence-electron chi connectivity index (χ0n) is 8.32. The number of aromatic amines is 1. The second kappa shape index (κ2) is 4.16. The molecule has 1 N–H and O–H groups in total. The molecule has 0 aliphatic rings. The lowest BCUT2D eigenvalue weighted by Gasteiger charge is -1.97. The minimum absolute atomic E-state index is 0.678. The third-order valence-electron chi connectivity index (χ3n) is 2.65. The molecule has 0 aliphatic heterocycles. The Balaban J connectivity index is 2.60. The van der Waals surface area contributed by atoms with Gasteiger partial charge < -0.3 is 4.98 Å². The van der Waals surface area contributed by atoms with Crippen LogP contribution in [0.3, 0.4) is 0 Å². The second-order valence-electron chi connectivity index (χ2n) is 3.75. The molecule has 0 unspecified atom stereocenters. The maximum Gasteiger partial charge on any atom is 0.0658 e. The highest BCUT2D eigenvalue weighted by molar-refractivity contribution is 9.10. The minimum Gasteiger partial charge on any atom is -0.352 e. The van der Waals surface area contributed by atoms with Crippen LogP contribution >= 0.6 is 55.1 Å². The number of hydrogen-bond donors (Lipinski definition) is 1. The first-order valence-electron chi connectivity index (χ1n) is 4.82. The van der Waals surface area contributed by atoms with Gasteiger partial charge in [-0.15, -0.1) is 0 Å². The number of hydrogen-bond acceptors (Lipinski definition) is 0. The van der Waals surface area contributed by atoms with Gasteiger partial charge in [0.25, 0.3) is 0 Å². The lowest BCUT2D eigenvalue weighted by molar-refractivity contribution is 1.54. The van der Waals surface area contributed by atoms with E-state index in [9.17, 15) is 0 Å². The third-order valence-corrected chi connectivity index (χ3v) is 4.16. The molecule has 0 aliphatic carbocycles. The van der Waals surface area contributed by atoms with Crippen LogP contribution in [-0.2, 0) is 0 Å². The molecular formula is C12H5Br2Cl2N. The van der Waals surface area contributed by atoms with E-state index in [2.05, 4.69) is 36.8 Å². The number of benzene rings is 2. The molecule has 3 aromatic rings. The van der Waals surface area contributed by atoms with Crippen molar-refractivity contribution in [3.63, 3.8) is 0 Å². The molecule has 1 heterocycles. The van der Waals surface area contributed by atoms with Gasteiger partial charge in [0.05, 0.1) is 21.1 Å². The van der Waals surface area contributed by atoms with Crippen LogP contribution in [0, 0.1) is 0 Å². The molecule has 17 heavy (non-hydrogen) atoms. The van der Waals surface area contributed by atoms with E-state index in [4.69, 9.17) is 23.2 Å². The number of nitrogens with one attached hydrogen (secondary N) is 1. The molecule has 5 heteroatoms. The summed E-state index contributed by atoms with van der Waals surface area (Å²) < 4.78 is 1.90. The van der Waals surface area contributed by atoms with Gasteiger partial charge in [0, 0.05) is 19.7 Å². The van der Waals surface area contributed by atoms with E-state index >= 15 is 0 Å². The summed E-state index contributed by atoms with van der Waals surface area (Å²) in [5.74, 6) is 0. The molecular weight excluding hydrogens is 389 g/mol. The Hall–Kier alpha value is -0.220. The summed E-state index contributed by atoms with van der Waals surface area (Å²) in [5.41, 5.74) is 1.81. The van der Waals surface area contributed by atoms with E-state index in [0.29, 0.717) is 10.0 Å². The Labute approximate surface area is 124 Å². The number of fused-ring (bicyclic) bond motifs is 3. The van der Waals surface area contributed by atoms with E-state index in [1.807, 2.05) is 24.3 Å². The minimum atomic E-state index is 0.678. The second-order valence-corrected chi connectivity index (χ2v) is 6.39. The average molecular weight is 394 g/mol. The van der Waals surface area contributed by atoms with Crippen LogP contribution in [0.15, 0.2) is 33.2 Å². The molecule has 0 spiro atoms. The fourth-order valence-corrected chi connectivity index (χ4v) is 3.66. The van der Waals surface area contributed by atoms with Gasteiger partial charge in [-0.25, -0.2) is 0 Å². The van der Waals surface area contributed by atoms with Crippen LogP contribution in [0.25, 0.3) is 21.8 Å². The highest BCUT2D eigenvalue weighted by atomic mass is 79.9. The maximum absolute atomic E-state index is 6.21. The maximum atomic E-state index is 6.21. The fraction of sp³-hybridized carbons (Fsp3) is 0. The molecule has 0 saturated heterocycles. The van der Waals surface area contributed by atoms with Gasteiger partial charge in [0.15, 0.2) is 0 Å².